The van der Waals surface area contributed by atoms with Crippen LogP contribution in [-0.4, -0.2) is 18.5 Å². The molecule has 0 saturated carbocycles. The van der Waals surface area contributed by atoms with Crippen molar-refractivity contribution in [2.24, 2.45) is 0 Å². The van der Waals surface area contributed by atoms with Crippen molar-refractivity contribution in [3.8, 4) is 22.6 Å². The number of halogens is 1. The van der Waals surface area contributed by atoms with E-state index in [2.05, 4.69) is 0 Å². The number of methoxy groups -OCH3 is 1. The van der Waals surface area contributed by atoms with E-state index in [0.717, 1.165) is 0 Å². The first kappa shape index (κ1) is 12.1. The summed E-state index contributed by atoms with van der Waals surface area (Å²) in [6.07, 6.45) is 0.525. The second-order valence-electron chi connectivity index (χ2n) is 3.71. The third kappa shape index (κ3) is 2.05. The third-order valence-electron chi connectivity index (χ3n) is 2.66. The second kappa shape index (κ2) is 4.87. The Morgan fingerprint density at radius 1 is 1.22 bits per heavy atom. The van der Waals surface area contributed by atoms with E-state index < -0.39 is 5.82 Å². The first-order valence-corrected chi connectivity index (χ1v) is 5.28. The van der Waals surface area contributed by atoms with Crippen LogP contribution in [0.25, 0.3) is 11.1 Å². The lowest BCUT2D eigenvalue weighted by Gasteiger charge is -2.09. The highest BCUT2D eigenvalue weighted by Gasteiger charge is 2.13. The molecule has 2 rings (SSSR count). The predicted molar refractivity (Wildman–Crippen MR) is 65.4 cm³/mol. The minimum atomic E-state index is -0.492. The fraction of sp³-hybridized carbons (Fsp3) is 0.0714. The van der Waals surface area contributed by atoms with Gasteiger partial charge in [0.1, 0.15) is 17.3 Å². The Morgan fingerprint density at radius 3 is 2.67 bits per heavy atom. The molecule has 3 nitrogen and oxygen atoms in total. The number of phenols is 1. The topological polar surface area (TPSA) is 46.5 Å². The van der Waals surface area contributed by atoms with Crippen molar-refractivity contribution in [1.82, 2.24) is 0 Å². The molecule has 0 heterocycles. The van der Waals surface area contributed by atoms with Crippen LogP contribution >= 0.6 is 0 Å². The highest BCUT2D eigenvalue weighted by molar-refractivity contribution is 5.86. The van der Waals surface area contributed by atoms with Gasteiger partial charge >= 0.3 is 0 Å². The van der Waals surface area contributed by atoms with E-state index >= 15 is 0 Å². The number of aromatic hydroxyl groups is 1. The Bertz CT molecular complexity index is 594. The van der Waals surface area contributed by atoms with Crippen molar-refractivity contribution >= 4 is 6.29 Å². The molecule has 2 aromatic rings. The maximum absolute atomic E-state index is 13.8. The molecule has 0 saturated heterocycles. The minimum Gasteiger partial charge on any atom is -0.507 e. The number of rotatable bonds is 3. The van der Waals surface area contributed by atoms with Crippen LogP contribution in [0.3, 0.4) is 0 Å². The maximum Gasteiger partial charge on any atom is 0.153 e. The Balaban J connectivity index is 2.64. The average molecular weight is 246 g/mol. The number of benzene rings is 2. The highest BCUT2D eigenvalue weighted by Crippen LogP contribution is 2.34. The van der Waals surface area contributed by atoms with Crippen LogP contribution in [0.15, 0.2) is 36.4 Å². The summed E-state index contributed by atoms with van der Waals surface area (Å²) in [5, 5.41) is 9.89. The molecule has 18 heavy (non-hydrogen) atoms. The Labute approximate surface area is 103 Å². The Morgan fingerprint density at radius 2 is 2.00 bits per heavy atom. The van der Waals surface area contributed by atoms with Crippen molar-refractivity contribution < 1.29 is 19.0 Å². The molecule has 0 aliphatic carbocycles. The summed E-state index contributed by atoms with van der Waals surface area (Å²) in [6.45, 7) is 0. The SMILES string of the molecule is COc1ccc(F)c(-c2cccc(C=O)c2O)c1. The largest absolute Gasteiger partial charge is 0.507 e. The summed E-state index contributed by atoms with van der Waals surface area (Å²) < 4.78 is 18.8. The lowest BCUT2D eigenvalue weighted by atomic mass is 10.0. The van der Waals surface area contributed by atoms with Crippen LogP contribution in [0.5, 0.6) is 11.5 Å². The smallest absolute Gasteiger partial charge is 0.153 e. The van der Waals surface area contributed by atoms with Gasteiger partial charge in [0.05, 0.1) is 12.7 Å². The lowest BCUT2D eigenvalue weighted by Crippen LogP contribution is -1.90. The van der Waals surface area contributed by atoms with Gasteiger partial charge in [-0.1, -0.05) is 12.1 Å². The van der Waals surface area contributed by atoms with Crippen LogP contribution < -0.4 is 4.74 Å². The van der Waals surface area contributed by atoms with Crippen LogP contribution in [0, 0.1) is 5.82 Å². The number of carbonyl (C=O) groups excluding carboxylic acids is 1. The quantitative estimate of drug-likeness (QED) is 0.847. The number of hydrogen-bond acceptors (Lipinski definition) is 3. The molecule has 0 bridgehead atoms. The van der Waals surface area contributed by atoms with E-state index in [9.17, 15) is 14.3 Å². The molecule has 0 aromatic heterocycles. The summed E-state index contributed by atoms with van der Waals surface area (Å²) in [5.74, 6) is -0.254. The van der Waals surface area contributed by atoms with Crippen LogP contribution in [0.1, 0.15) is 10.4 Å². The van der Waals surface area contributed by atoms with Crippen molar-refractivity contribution in [3.63, 3.8) is 0 Å². The number of aldehydes is 1. The second-order valence-corrected chi connectivity index (χ2v) is 3.71. The van der Waals surface area contributed by atoms with Crippen molar-refractivity contribution in [1.29, 1.82) is 0 Å². The summed E-state index contributed by atoms with van der Waals surface area (Å²) in [4.78, 5) is 10.7. The summed E-state index contributed by atoms with van der Waals surface area (Å²) in [6, 6.07) is 8.79. The number of phenolic OH excluding ortho intramolecular Hbond substituents is 1. The predicted octanol–water partition coefficient (Wildman–Crippen LogP) is 3.02. The first-order valence-electron chi connectivity index (χ1n) is 5.28. The molecule has 0 atom stereocenters. The van der Waals surface area contributed by atoms with Gasteiger partial charge in [-0.25, -0.2) is 4.39 Å². The van der Waals surface area contributed by atoms with Gasteiger partial charge in [-0.2, -0.15) is 0 Å². The molecule has 1 N–H and O–H groups in total. The Kier molecular flexibility index (Phi) is 3.28. The molecule has 0 aliphatic rings. The van der Waals surface area contributed by atoms with E-state index in [1.165, 1.54) is 31.4 Å². The number of para-hydroxylation sites is 1. The number of carbonyl (C=O) groups is 1. The molecule has 2 aromatic carbocycles. The molecule has 4 heteroatoms. The highest BCUT2D eigenvalue weighted by atomic mass is 19.1. The normalized spacial score (nSPS) is 10.1. The lowest BCUT2D eigenvalue weighted by molar-refractivity contribution is 0.112. The molecule has 0 unspecified atom stereocenters. The minimum absolute atomic E-state index is 0.120. The molecular weight excluding hydrogens is 235 g/mol. The van der Waals surface area contributed by atoms with Gasteiger partial charge in [-0.15, -0.1) is 0 Å². The maximum atomic E-state index is 13.8. The Hall–Kier alpha value is -2.36. The van der Waals surface area contributed by atoms with E-state index in [0.29, 0.717) is 12.0 Å². The van der Waals surface area contributed by atoms with Gasteiger partial charge in [0, 0.05) is 11.1 Å². The molecule has 0 aliphatic heterocycles. The van der Waals surface area contributed by atoms with Crippen molar-refractivity contribution in [3.05, 3.63) is 47.8 Å². The average Bonchev–Trinajstić information content (AvgIpc) is 2.40. The number of ether oxygens (including phenoxy) is 1. The van der Waals surface area contributed by atoms with Crippen molar-refractivity contribution in [2.45, 2.75) is 0 Å². The van der Waals surface area contributed by atoms with Gasteiger partial charge in [0.2, 0.25) is 0 Å². The number of hydrogen-bond donors (Lipinski definition) is 1. The van der Waals surface area contributed by atoms with Gasteiger partial charge in [-0.3, -0.25) is 4.79 Å². The fourth-order valence-electron chi connectivity index (χ4n) is 1.71. The van der Waals surface area contributed by atoms with Crippen LogP contribution in [-0.2, 0) is 0 Å². The van der Waals surface area contributed by atoms with Gasteiger partial charge in [-0.05, 0) is 24.3 Å². The standard InChI is InChI=1S/C14H11FO3/c1-18-10-5-6-13(15)12(7-10)11-4-2-3-9(8-16)14(11)17/h2-8,17H,1H3. The monoisotopic (exact) mass is 246 g/mol. The molecule has 0 amide bonds. The van der Waals surface area contributed by atoms with Crippen LogP contribution in [0.4, 0.5) is 4.39 Å². The fourth-order valence-corrected chi connectivity index (χ4v) is 1.71. The molecule has 0 radical (unpaired) electrons. The van der Waals surface area contributed by atoms with Crippen LogP contribution in [0.2, 0.25) is 0 Å². The van der Waals surface area contributed by atoms with Gasteiger partial charge < -0.3 is 9.84 Å². The summed E-state index contributed by atoms with van der Waals surface area (Å²) in [5.41, 5.74) is 0.571. The first-order chi connectivity index (χ1) is 8.67. The zero-order chi connectivity index (χ0) is 13.1. The van der Waals surface area contributed by atoms with E-state index in [1.807, 2.05) is 0 Å². The summed E-state index contributed by atoms with van der Waals surface area (Å²) >= 11 is 0. The van der Waals surface area contributed by atoms with E-state index in [4.69, 9.17) is 4.74 Å². The molecular formula is C14H11FO3. The zero-order valence-corrected chi connectivity index (χ0v) is 9.68. The third-order valence-corrected chi connectivity index (χ3v) is 2.66. The van der Waals surface area contributed by atoms with Crippen molar-refractivity contribution in [2.75, 3.05) is 7.11 Å². The van der Waals surface area contributed by atoms with E-state index in [-0.39, 0.29) is 22.4 Å². The van der Waals surface area contributed by atoms with Gasteiger partial charge in [0.15, 0.2) is 6.29 Å². The molecule has 92 valence electrons. The molecule has 0 fully saturated rings. The zero-order valence-electron chi connectivity index (χ0n) is 9.68. The summed E-state index contributed by atoms with van der Waals surface area (Å²) in [7, 11) is 1.47. The van der Waals surface area contributed by atoms with E-state index in [1.54, 1.807) is 12.1 Å². The molecule has 0 spiro atoms. The van der Waals surface area contributed by atoms with Gasteiger partial charge in [0.25, 0.3) is 0 Å².